The summed E-state index contributed by atoms with van der Waals surface area (Å²) >= 11 is 5.00. The van der Waals surface area contributed by atoms with Crippen molar-refractivity contribution in [1.29, 1.82) is 0 Å². The van der Waals surface area contributed by atoms with E-state index < -0.39 is 6.04 Å². The predicted octanol–water partition coefficient (Wildman–Crippen LogP) is 5.97. The molecule has 0 saturated carbocycles. The highest BCUT2D eigenvalue weighted by Gasteiger charge is 2.35. The van der Waals surface area contributed by atoms with Gasteiger partial charge in [0, 0.05) is 10.2 Å². The SMILES string of the molecule is CCSc1nc2n(n1)C(c1ccc(OCc3ccc(Br)cc3)cc1)C(C(=O)OC(C)C)=C(C)N2. The highest BCUT2D eigenvalue weighted by atomic mass is 79.9. The van der Waals surface area contributed by atoms with Gasteiger partial charge in [0.15, 0.2) is 0 Å². The normalized spacial score (nSPS) is 15.2. The highest BCUT2D eigenvalue weighted by molar-refractivity contribution is 9.10. The first kappa shape index (κ1) is 24.3. The molecule has 2 aromatic carbocycles. The Hall–Kier alpha value is -2.78. The van der Waals surface area contributed by atoms with Crippen molar-refractivity contribution in [3.05, 3.63) is 75.4 Å². The van der Waals surface area contributed by atoms with Gasteiger partial charge in [-0.15, -0.1) is 5.10 Å². The van der Waals surface area contributed by atoms with Crippen LogP contribution in [0.15, 0.2) is 69.4 Å². The summed E-state index contributed by atoms with van der Waals surface area (Å²) in [6.07, 6.45) is -0.230. The summed E-state index contributed by atoms with van der Waals surface area (Å²) in [5.74, 6) is 1.84. The Labute approximate surface area is 212 Å². The van der Waals surface area contributed by atoms with Crippen LogP contribution < -0.4 is 10.1 Å². The molecule has 9 heteroatoms. The van der Waals surface area contributed by atoms with E-state index in [1.165, 1.54) is 0 Å². The van der Waals surface area contributed by atoms with Crippen molar-refractivity contribution in [3.8, 4) is 5.75 Å². The zero-order chi connectivity index (χ0) is 24.2. The molecule has 1 aliphatic rings. The average Bonchev–Trinajstić information content (AvgIpc) is 3.20. The summed E-state index contributed by atoms with van der Waals surface area (Å²) in [5, 5.41) is 8.56. The Bertz CT molecular complexity index is 1190. The first-order valence-corrected chi connectivity index (χ1v) is 12.9. The van der Waals surface area contributed by atoms with Crippen LogP contribution in [-0.2, 0) is 16.1 Å². The van der Waals surface area contributed by atoms with Gasteiger partial charge in [0.2, 0.25) is 11.1 Å². The lowest BCUT2D eigenvalue weighted by atomic mass is 9.95. The number of benzene rings is 2. The zero-order valence-corrected chi connectivity index (χ0v) is 21.9. The minimum atomic E-state index is -0.457. The first-order chi connectivity index (χ1) is 16.4. The van der Waals surface area contributed by atoms with Crippen LogP contribution in [0.3, 0.4) is 0 Å². The van der Waals surface area contributed by atoms with E-state index in [4.69, 9.17) is 9.47 Å². The van der Waals surface area contributed by atoms with Crippen molar-refractivity contribution in [1.82, 2.24) is 14.8 Å². The number of rotatable bonds is 8. The number of hydrogen-bond acceptors (Lipinski definition) is 7. The number of thioether (sulfide) groups is 1. The Morgan fingerprint density at radius 1 is 1.18 bits per heavy atom. The number of carbonyl (C=O) groups excluding carboxylic acids is 1. The molecule has 0 radical (unpaired) electrons. The fourth-order valence-corrected chi connectivity index (χ4v) is 4.48. The molecular formula is C25H27BrN4O3S. The molecule has 1 N–H and O–H groups in total. The number of ether oxygens (including phenoxy) is 2. The molecule has 0 saturated heterocycles. The third-order valence-corrected chi connectivity index (χ3v) is 6.43. The van der Waals surface area contributed by atoms with Crippen LogP contribution >= 0.6 is 27.7 Å². The number of aromatic nitrogens is 3. The molecule has 1 aromatic heterocycles. The Morgan fingerprint density at radius 3 is 2.53 bits per heavy atom. The van der Waals surface area contributed by atoms with E-state index in [9.17, 15) is 4.79 Å². The lowest BCUT2D eigenvalue weighted by Crippen LogP contribution is -2.30. The second-order valence-corrected chi connectivity index (χ2v) is 10.2. The Morgan fingerprint density at radius 2 is 1.88 bits per heavy atom. The summed E-state index contributed by atoms with van der Waals surface area (Å²) in [4.78, 5) is 17.7. The zero-order valence-electron chi connectivity index (χ0n) is 19.5. The van der Waals surface area contributed by atoms with Crippen molar-refractivity contribution in [2.75, 3.05) is 11.1 Å². The van der Waals surface area contributed by atoms with E-state index >= 15 is 0 Å². The molecule has 0 bridgehead atoms. The molecule has 0 spiro atoms. The van der Waals surface area contributed by atoms with E-state index in [2.05, 4.69) is 38.3 Å². The van der Waals surface area contributed by atoms with Crippen molar-refractivity contribution >= 4 is 39.6 Å². The minimum Gasteiger partial charge on any atom is -0.489 e. The van der Waals surface area contributed by atoms with E-state index in [0.29, 0.717) is 29.0 Å². The third kappa shape index (κ3) is 5.47. The molecule has 0 aliphatic carbocycles. The third-order valence-electron chi connectivity index (χ3n) is 5.18. The van der Waals surface area contributed by atoms with Crippen LogP contribution in [0, 0.1) is 0 Å². The minimum absolute atomic E-state index is 0.230. The van der Waals surface area contributed by atoms with Crippen molar-refractivity contribution in [3.63, 3.8) is 0 Å². The number of anilines is 1. The van der Waals surface area contributed by atoms with Crippen molar-refractivity contribution in [2.24, 2.45) is 0 Å². The van der Waals surface area contributed by atoms with E-state index in [1.54, 1.807) is 16.4 Å². The Kier molecular flexibility index (Phi) is 7.63. The largest absolute Gasteiger partial charge is 0.489 e. The van der Waals surface area contributed by atoms with Crippen molar-refractivity contribution < 1.29 is 14.3 Å². The first-order valence-electron chi connectivity index (χ1n) is 11.1. The number of esters is 1. The average molecular weight is 543 g/mol. The fourth-order valence-electron chi connectivity index (χ4n) is 3.67. The van der Waals surface area contributed by atoms with Crippen LogP contribution in [-0.4, -0.2) is 32.6 Å². The monoisotopic (exact) mass is 542 g/mol. The second-order valence-electron chi connectivity index (χ2n) is 8.10. The van der Waals surface area contributed by atoms with Gasteiger partial charge in [-0.3, -0.25) is 0 Å². The summed E-state index contributed by atoms with van der Waals surface area (Å²) in [6, 6.07) is 15.3. The van der Waals surface area contributed by atoms with E-state index in [1.807, 2.05) is 69.3 Å². The molecule has 4 rings (SSSR count). The molecule has 7 nitrogen and oxygen atoms in total. The standard InChI is InChI=1S/C25H27BrN4O3S/c1-5-34-25-28-24-27-16(4)21(23(31)33-15(2)3)22(30(24)29-25)18-8-12-20(13-9-18)32-14-17-6-10-19(26)11-7-17/h6-13,15,22H,5,14H2,1-4H3,(H,27,28,29). The van der Waals surface area contributed by atoms with Crippen LogP contribution in [0.1, 0.15) is 44.9 Å². The molecule has 2 heterocycles. The molecule has 3 aromatic rings. The molecule has 34 heavy (non-hydrogen) atoms. The Balaban J connectivity index is 1.63. The number of nitrogens with zero attached hydrogens (tertiary/aromatic N) is 3. The van der Waals surface area contributed by atoms with Crippen LogP contribution in [0.5, 0.6) is 5.75 Å². The van der Waals surface area contributed by atoms with E-state index in [-0.39, 0.29) is 12.1 Å². The smallest absolute Gasteiger partial charge is 0.338 e. The summed E-state index contributed by atoms with van der Waals surface area (Å²) in [5.41, 5.74) is 3.20. The molecule has 1 atom stereocenters. The number of hydrogen-bond donors (Lipinski definition) is 1. The topological polar surface area (TPSA) is 78.3 Å². The second kappa shape index (κ2) is 10.7. The van der Waals surface area contributed by atoms with Crippen LogP contribution in [0.2, 0.25) is 0 Å². The molecule has 0 fully saturated rings. The highest BCUT2D eigenvalue weighted by Crippen LogP contribution is 2.37. The summed E-state index contributed by atoms with van der Waals surface area (Å²) in [6.45, 7) is 8.07. The lowest BCUT2D eigenvalue weighted by Gasteiger charge is -2.28. The summed E-state index contributed by atoms with van der Waals surface area (Å²) < 4.78 is 14.3. The maximum absolute atomic E-state index is 13.1. The van der Waals surface area contributed by atoms with Gasteiger partial charge in [-0.2, -0.15) is 4.98 Å². The van der Waals surface area contributed by atoms with Gasteiger partial charge < -0.3 is 14.8 Å². The number of carbonyl (C=O) groups is 1. The molecule has 1 unspecified atom stereocenters. The van der Waals surface area contributed by atoms with Gasteiger partial charge in [-0.25, -0.2) is 9.48 Å². The number of fused-ring (bicyclic) bond motifs is 1. The van der Waals surface area contributed by atoms with Gasteiger partial charge >= 0.3 is 5.97 Å². The maximum atomic E-state index is 13.1. The molecule has 0 amide bonds. The fraction of sp³-hybridized carbons (Fsp3) is 0.320. The summed E-state index contributed by atoms with van der Waals surface area (Å²) in [7, 11) is 0. The van der Waals surface area contributed by atoms with Gasteiger partial charge in [0.25, 0.3) is 0 Å². The van der Waals surface area contributed by atoms with Gasteiger partial charge in [-0.05, 0) is 61.9 Å². The van der Waals surface area contributed by atoms with Crippen LogP contribution in [0.25, 0.3) is 0 Å². The molecule has 178 valence electrons. The molecule has 1 aliphatic heterocycles. The van der Waals surface area contributed by atoms with Gasteiger partial charge in [-0.1, -0.05) is 58.9 Å². The van der Waals surface area contributed by atoms with Gasteiger partial charge in [0.1, 0.15) is 18.4 Å². The van der Waals surface area contributed by atoms with Crippen molar-refractivity contribution in [2.45, 2.75) is 51.6 Å². The maximum Gasteiger partial charge on any atom is 0.338 e. The van der Waals surface area contributed by atoms with Gasteiger partial charge in [0.05, 0.1) is 11.7 Å². The number of allylic oxidation sites excluding steroid dienone is 1. The van der Waals surface area contributed by atoms with Crippen LogP contribution in [0.4, 0.5) is 5.95 Å². The van der Waals surface area contributed by atoms with E-state index in [0.717, 1.165) is 27.1 Å². The number of halogens is 1. The molecular weight excluding hydrogens is 516 g/mol. The number of nitrogens with one attached hydrogen (secondary N) is 1. The lowest BCUT2D eigenvalue weighted by molar-refractivity contribution is -0.143. The quantitative estimate of drug-likeness (QED) is 0.277. The predicted molar refractivity (Wildman–Crippen MR) is 137 cm³/mol.